The number of alkyl halides is 3. The first-order valence-corrected chi connectivity index (χ1v) is 10.2. The number of esters is 1. The Morgan fingerprint density at radius 1 is 0.971 bits per heavy atom. The first-order chi connectivity index (χ1) is 16.0. The number of hydrogen-bond donors (Lipinski definition) is 2. The van der Waals surface area contributed by atoms with Crippen LogP contribution in [0.15, 0.2) is 61.1 Å². The van der Waals surface area contributed by atoms with Crippen LogP contribution in [0.2, 0.25) is 0 Å². The maximum atomic E-state index is 13.3. The predicted octanol–water partition coefficient (Wildman–Crippen LogP) is 5.29. The third-order valence-electron chi connectivity index (χ3n) is 4.52. The molecule has 34 heavy (non-hydrogen) atoms. The number of nitrogens with zero attached hydrogens (tertiary/aromatic N) is 4. The Kier molecular flexibility index (Phi) is 5.86. The fraction of sp³-hybridized carbons (Fsp3) is 0.217. The molecule has 0 saturated carbocycles. The number of aromatic nitrogens is 6. The van der Waals surface area contributed by atoms with E-state index < -0.39 is 29.0 Å². The van der Waals surface area contributed by atoms with Crippen molar-refractivity contribution in [3.8, 4) is 5.95 Å². The van der Waals surface area contributed by atoms with Crippen LogP contribution in [-0.2, 0) is 10.9 Å². The van der Waals surface area contributed by atoms with Crippen LogP contribution in [0, 0.1) is 0 Å². The van der Waals surface area contributed by atoms with Crippen LogP contribution in [0.5, 0.6) is 0 Å². The zero-order valence-electron chi connectivity index (χ0n) is 18.5. The molecule has 3 aromatic heterocycles. The molecule has 0 amide bonds. The summed E-state index contributed by atoms with van der Waals surface area (Å²) in [6.45, 7) is 4.71. The number of aromatic amines is 2. The number of halogens is 3. The van der Waals surface area contributed by atoms with Gasteiger partial charge in [0.25, 0.3) is 0 Å². The number of carbonyl (C=O) groups is 1. The summed E-state index contributed by atoms with van der Waals surface area (Å²) in [7, 11) is 0. The van der Waals surface area contributed by atoms with Crippen molar-refractivity contribution in [2.75, 3.05) is 0 Å². The molecule has 0 spiro atoms. The molecule has 5 rings (SSSR count). The van der Waals surface area contributed by atoms with E-state index in [4.69, 9.17) is 4.74 Å². The highest BCUT2D eigenvalue weighted by Crippen LogP contribution is 2.32. The van der Waals surface area contributed by atoms with E-state index in [1.54, 1.807) is 51.4 Å². The third kappa shape index (κ3) is 5.08. The summed E-state index contributed by atoms with van der Waals surface area (Å²) in [5.74, 6) is -1.02. The van der Waals surface area contributed by atoms with Crippen molar-refractivity contribution >= 4 is 28.0 Å². The van der Waals surface area contributed by atoms with Crippen LogP contribution in [-0.4, -0.2) is 41.3 Å². The van der Waals surface area contributed by atoms with Gasteiger partial charge in [-0.25, -0.2) is 19.4 Å². The largest absolute Gasteiger partial charge is 0.456 e. The van der Waals surface area contributed by atoms with Gasteiger partial charge in [0.15, 0.2) is 5.69 Å². The molecule has 0 aliphatic carbocycles. The molecule has 8 nitrogen and oxygen atoms in total. The summed E-state index contributed by atoms with van der Waals surface area (Å²) >= 11 is 0. The Bertz CT molecular complexity index is 1380. The van der Waals surface area contributed by atoms with E-state index in [1.807, 2.05) is 24.3 Å². The summed E-state index contributed by atoms with van der Waals surface area (Å²) in [5, 5.41) is 3.50. The number of imidazole rings is 2. The number of H-pyrrole nitrogens is 2. The van der Waals surface area contributed by atoms with E-state index in [1.165, 1.54) is 0 Å². The number of nitrogens with one attached hydrogen (secondary N) is 2. The molecule has 0 fully saturated rings. The van der Waals surface area contributed by atoms with Gasteiger partial charge in [-0.3, -0.25) is 0 Å². The van der Waals surface area contributed by atoms with Crippen LogP contribution >= 0.6 is 0 Å². The van der Waals surface area contributed by atoms with Crippen molar-refractivity contribution < 1.29 is 22.7 Å². The summed E-state index contributed by atoms with van der Waals surface area (Å²) in [6, 6.07) is 14.9. The summed E-state index contributed by atoms with van der Waals surface area (Å²) in [5.41, 5.74) is 0.419. The van der Waals surface area contributed by atoms with Gasteiger partial charge in [0.2, 0.25) is 5.95 Å². The molecule has 0 unspecified atom stereocenters. The summed E-state index contributed by atoms with van der Waals surface area (Å²) in [6.07, 6.45) is -2.14. The second-order valence-corrected chi connectivity index (χ2v) is 8.33. The quantitative estimate of drug-likeness (QED) is 0.342. The monoisotopic (exact) mass is 470 g/mol. The third-order valence-corrected chi connectivity index (χ3v) is 4.52. The summed E-state index contributed by atoms with van der Waals surface area (Å²) in [4.78, 5) is 26.2. The van der Waals surface area contributed by atoms with E-state index in [9.17, 15) is 18.0 Å². The lowest BCUT2D eigenvalue weighted by atomic mass is 10.2. The Balaban J connectivity index is 0.000000252. The Hall–Kier alpha value is -4.15. The molecule has 0 saturated heterocycles. The van der Waals surface area contributed by atoms with Crippen molar-refractivity contribution in [1.29, 1.82) is 0 Å². The highest BCUT2D eigenvalue weighted by molar-refractivity contribution is 5.91. The highest BCUT2D eigenvalue weighted by atomic mass is 19.4. The lowest BCUT2D eigenvalue weighted by Gasteiger charge is -2.19. The van der Waals surface area contributed by atoms with Gasteiger partial charge in [-0.05, 0) is 45.0 Å². The second kappa shape index (κ2) is 8.65. The Morgan fingerprint density at radius 3 is 2.24 bits per heavy atom. The molecule has 0 aliphatic heterocycles. The number of ether oxygens (including phenoxy) is 1. The molecule has 3 heterocycles. The zero-order chi connectivity index (χ0) is 24.5. The molecule has 0 radical (unpaired) electrons. The molecule has 5 aromatic rings. The first-order valence-electron chi connectivity index (χ1n) is 10.2. The minimum atomic E-state index is -4.80. The standard InChI is InChI=1S/C16H15F3N4O2.C7H6N2/c1-15(2,3)25-13(24)9-8-23(22-12(9)16(17,18)19)14-20-10-6-4-5-7-11(10)21-14;1-2-4-7-6(3-1)8-5-9-7/h4-8H,1-3H3,(H,20,21);1-5H,(H,8,9). The van der Waals surface area contributed by atoms with Crippen LogP contribution in [0.25, 0.3) is 28.0 Å². The van der Waals surface area contributed by atoms with Crippen molar-refractivity contribution in [2.45, 2.75) is 32.5 Å². The molecule has 2 aromatic carbocycles. The van der Waals surface area contributed by atoms with Crippen molar-refractivity contribution in [3.63, 3.8) is 0 Å². The SMILES string of the molecule is CC(C)(C)OC(=O)c1cn(-c2nc3ccccc3[nH]2)nc1C(F)(F)F.c1ccc2[nH]cnc2c1. The van der Waals surface area contributed by atoms with Crippen molar-refractivity contribution in [1.82, 2.24) is 29.7 Å². The van der Waals surface area contributed by atoms with E-state index in [0.29, 0.717) is 11.0 Å². The van der Waals surface area contributed by atoms with Gasteiger partial charge in [-0.2, -0.15) is 18.3 Å². The molecule has 0 atom stereocenters. The minimum Gasteiger partial charge on any atom is -0.456 e. The predicted molar refractivity (Wildman–Crippen MR) is 119 cm³/mol. The van der Waals surface area contributed by atoms with E-state index >= 15 is 0 Å². The Labute approximate surface area is 191 Å². The number of hydrogen-bond acceptors (Lipinski definition) is 5. The van der Waals surface area contributed by atoms with Gasteiger partial charge in [0.1, 0.15) is 11.2 Å². The smallest absolute Gasteiger partial charge is 0.436 e. The average Bonchev–Trinajstić information content (AvgIpc) is 3.49. The van der Waals surface area contributed by atoms with E-state index in [0.717, 1.165) is 21.9 Å². The lowest BCUT2D eigenvalue weighted by molar-refractivity contribution is -0.142. The minimum absolute atomic E-state index is 0.0708. The topological polar surface area (TPSA) is 101 Å². The maximum absolute atomic E-state index is 13.3. The Morgan fingerprint density at radius 2 is 1.62 bits per heavy atom. The van der Waals surface area contributed by atoms with Gasteiger partial charge in [0, 0.05) is 6.20 Å². The van der Waals surface area contributed by atoms with Crippen LogP contribution < -0.4 is 0 Å². The number of benzene rings is 2. The van der Waals surface area contributed by atoms with Gasteiger partial charge < -0.3 is 14.7 Å². The maximum Gasteiger partial charge on any atom is 0.436 e. The number of carbonyl (C=O) groups excluding carboxylic acids is 1. The van der Waals surface area contributed by atoms with Crippen LogP contribution in [0.4, 0.5) is 13.2 Å². The molecule has 0 aliphatic rings. The van der Waals surface area contributed by atoms with Gasteiger partial charge in [-0.15, -0.1) is 0 Å². The normalized spacial score (nSPS) is 11.9. The van der Waals surface area contributed by atoms with Crippen molar-refractivity contribution in [3.05, 3.63) is 72.3 Å². The lowest BCUT2D eigenvalue weighted by Crippen LogP contribution is -2.25. The molecular formula is C23H21F3N6O2. The van der Waals surface area contributed by atoms with Gasteiger partial charge in [-0.1, -0.05) is 24.3 Å². The highest BCUT2D eigenvalue weighted by Gasteiger charge is 2.40. The van der Waals surface area contributed by atoms with Crippen LogP contribution in [0.1, 0.15) is 36.8 Å². The number of fused-ring (bicyclic) bond motifs is 2. The first kappa shape index (κ1) is 23.0. The number of rotatable bonds is 2. The van der Waals surface area contributed by atoms with E-state index in [-0.39, 0.29) is 5.95 Å². The fourth-order valence-corrected chi connectivity index (χ4v) is 3.10. The molecule has 11 heteroatoms. The second-order valence-electron chi connectivity index (χ2n) is 8.33. The fourth-order valence-electron chi connectivity index (χ4n) is 3.10. The van der Waals surface area contributed by atoms with Gasteiger partial charge >= 0.3 is 12.1 Å². The molecular weight excluding hydrogens is 449 g/mol. The van der Waals surface area contributed by atoms with Gasteiger partial charge in [0.05, 0.1) is 28.4 Å². The average molecular weight is 470 g/mol. The molecule has 2 N–H and O–H groups in total. The molecule has 0 bridgehead atoms. The van der Waals surface area contributed by atoms with Crippen molar-refractivity contribution in [2.24, 2.45) is 0 Å². The van der Waals surface area contributed by atoms with E-state index in [2.05, 4.69) is 25.0 Å². The number of para-hydroxylation sites is 4. The zero-order valence-corrected chi connectivity index (χ0v) is 18.5. The summed E-state index contributed by atoms with van der Waals surface area (Å²) < 4.78 is 45.7. The van der Waals surface area contributed by atoms with Crippen LogP contribution in [0.3, 0.4) is 0 Å². The molecule has 176 valence electrons.